The molecule has 2 rings (SSSR count). The standard InChI is InChI=1S/C12H7Br2NO3/c13-7-1-2-11(10(4-7)12(16)17)18-9-3-8(14)5-15-6-9/h1-6H,(H,16,17). The summed E-state index contributed by atoms with van der Waals surface area (Å²) in [6, 6.07) is 6.51. The summed E-state index contributed by atoms with van der Waals surface area (Å²) >= 11 is 6.49. The summed E-state index contributed by atoms with van der Waals surface area (Å²) in [5.41, 5.74) is 0.0874. The monoisotopic (exact) mass is 371 g/mol. The first-order chi connectivity index (χ1) is 8.56. The number of nitrogens with zero attached hydrogens (tertiary/aromatic N) is 1. The zero-order valence-corrected chi connectivity index (χ0v) is 12.1. The molecule has 4 nitrogen and oxygen atoms in total. The van der Waals surface area contributed by atoms with Crippen LogP contribution >= 0.6 is 31.9 Å². The highest BCUT2D eigenvalue weighted by atomic mass is 79.9. The zero-order chi connectivity index (χ0) is 13.1. The van der Waals surface area contributed by atoms with E-state index in [1.54, 1.807) is 24.4 Å². The molecule has 1 aromatic heterocycles. The molecule has 0 amide bonds. The number of hydrogen-bond acceptors (Lipinski definition) is 3. The van der Waals surface area contributed by atoms with Crippen molar-refractivity contribution in [1.29, 1.82) is 0 Å². The molecule has 0 atom stereocenters. The van der Waals surface area contributed by atoms with Gasteiger partial charge in [-0.15, -0.1) is 0 Å². The van der Waals surface area contributed by atoms with Crippen molar-refractivity contribution in [2.24, 2.45) is 0 Å². The van der Waals surface area contributed by atoms with Crippen molar-refractivity contribution in [3.63, 3.8) is 0 Å². The van der Waals surface area contributed by atoms with Crippen LogP contribution in [-0.4, -0.2) is 16.1 Å². The molecule has 0 aliphatic carbocycles. The molecule has 1 N–H and O–H groups in total. The second kappa shape index (κ2) is 5.49. The minimum absolute atomic E-state index is 0.0874. The van der Waals surface area contributed by atoms with Crippen molar-refractivity contribution in [2.45, 2.75) is 0 Å². The molecule has 0 unspecified atom stereocenters. The van der Waals surface area contributed by atoms with E-state index in [4.69, 9.17) is 9.84 Å². The lowest BCUT2D eigenvalue weighted by molar-refractivity contribution is 0.0694. The highest BCUT2D eigenvalue weighted by molar-refractivity contribution is 9.10. The van der Waals surface area contributed by atoms with Crippen LogP contribution in [0.2, 0.25) is 0 Å². The first-order valence-electron chi connectivity index (χ1n) is 4.87. The summed E-state index contributed by atoms with van der Waals surface area (Å²) in [5.74, 6) is -0.311. The summed E-state index contributed by atoms with van der Waals surface area (Å²) in [4.78, 5) is 15.0. The Labute approximate surface area is 120 Å². The Hall–Kier alpha value is -1.40. The number of ether oxygens (including phenoxy) is 1. The van der Waals surface area contributed by atoms with E-state index >= 15 is 0 Å². The maximum Gasteiger partial charge on any atom is 0.339 e. The molecule has 2 aromatic rings. The highest BCUT2D eigenvalue weighted by Gasteiger charge is 2.12. The molecule has 6 heteroatoms. The summed E-state index contributed by atoms with van der Waals surface area (Å²) < 4.78 is 6.95. The van der Waals surface area contributed by atoms with E-state index < -0.39 is 5.97 Å². The average Bonchev–Trinajstić information content (AvgIpc) is 2.31. The lowest BCUT2D eigenvalue weighted by Gasteiger charge is -2.08. The third-order valence-corrected chi connectivity index (χ3v) is 3.01. The third kappa shape index (κ3) is 3.08. The molecule has 0 aliphatic rings. The number of carboxylic acid groups (broad SMARTS) is 1. The van der Waals surface area contributed by atoms with Crippen molar-refractivity contribution >= 4 is 37.8 Å². The van der Waals surface area contributed by atoms with Crippen LogP contribution in [0.1, 0.15) is 10.4 Å². The average molecular weight is 373 g/mol. The van der Waals surface area contributed by atoms with Crippen LogP contribution in [0.15, 0.2) is 45.6 Å². The fourth-order valence-electron chi connectivity index (χ4n) is 1.33. The Morgan fingerprint density at radius 1 is 1.17 bits per heavy atom. The Kier molecular flexibility index (Phi) is 3.98. The SMILES string of the molecule is O=C(O)c1cc(Br)ccc1Oc1cncc(Br)c1. The lowest BCUT2D eigenvalue weighted by atomic mass is 10.2. The molecule has 1 aromatic carbocycles. The Morgan fingerprint density at radius 3 is 2.61 bits per heavy atom. The smallest absolute Gasteiger partial charge is 0.339 e. The Morgan fingerprint density at radius 2 is 1.94 bits per heavy atom. The van der Waals surface area contributed by atoms with Crippen LogP contribution < -0.4 is 4.74 Å². The maximum atomic E-state index is 11.1. The third-order valence-electron chi connectivity index (χ3n) is 2.08. The Balaban J connectivity index is 2.37. The maximum absolute atomic E-state index is 11.1. The van der Waals surface area contributed by atoms with Crippen LogP contribution in [0.4, 0.5) is 0 Å². The topological polar surface area (TPSA) is 59.4 Å². The number of carboxylic acids is 1. The van der Waals surface area contributed by atoms with E-state index in [-0.39, 0.29) is 11.3 Å². The molecular formula is C12H7Br2NO3. The minimum atomic E-state index is -1.05. The molecule has 0 bridgehead atoms. The largest absolute Gasteiger partial charge is 0.478 e. The molecule has 1 heterocycles. The number of rotatable bonds is 3. The molecule has 0 saturated carbocycles. The van der Waals surface area contributed by atoms with Gasteiger partial charge in [-0.2, -0.15) is 0 Å². The van der Waals surface area contributed by atoms with Crippen molar-refractivity contribution < 1.29 is 14.6 Å². The zero-order valence-electron chi connectivity index (χ0n) is 8.93. The molecular weight excluding hydrogens is 366 g/mol. The normalized spacial score (nSPS) is 10.1. The van der Waals surface area contributed by atoms with Gasteiger partial charge in [-0.1, -0.05) is 15.9 Å². The quantitative estimate of drug-likeness (QED) is 0.881. The van der Waals surface area contributed by atoms with E-state index in [2.05, 4.69) is 36.8 Å². The summed E-state index contributed by atoms with van der Waals surface area (Å²) in [6.45, 7) is 0. The molecule has 0 radical (unpaired) electrons. The van der Waals surface area contributed by atoms with Gasteiger partial charge in [0.05, 0.1) is 6.20 Å². The van der Waals surface area contributed by atoms with E-state index in [0.717, 1.165) is 4.47 Å². The van der Waals surface area contributed by atoms with Crippen LogP contribution in [0.25, 0.3) is 0 Å². The van der Waals surface area contributed by atoms with Gasteiger partial charge in [0, 0.05) is 15.1 Å². The number of halogens is 2. The number of carbonyl (C=O) groups is 1. The molecule has 0 spiro atoms. The molecule has 0 aliphatic heterocycles. The van der Waals surface area contributed by atoms with Gasteiger partial charge in [0.15, 0.2) is 0 Å². The number of hydrogen-bond donors (Lipinski definition) is 1. The number of benzene rings is 1. The highest BCUT2D eigenvalue weighted by Crippen LogP contribution is 2.28. The molecule has 92 valence electrons. The van der Waals surface area contributed by atoms with Crippen LogP contribution in [0.3, 0.4) is 0 Å². The van der Waals surface area contributed by atoms with Gasteiger partial charge in [0.25, 0.3) is 0 Å². The van der Waals surface area contributed by atoms with Crippen molar-refractivity contribution in [3.8, 4) is 11.5 Å². The van der Waals surface area contributed by atoms with Gasteiger partial charge >= 0.3 is 5.97 Å². The summed E-state index contributed by atoms with van der Waals surface area (Å²) in [5, 5.41) is 9.10. The number of aromatic nitrogens is 1. The first-order valence-corrected chi connectivity index (χ1v) is 6.46. The van der Waals surface area contributed by atoms with E-state index in [9.17, 15) is 4.79 Å². The van der Waals surface area contributed by atoms with Crippen LogP contribution in [-0.2, 0) is 0 Å². The van der Waals surface area contributed by atoms with Crippen LogP contribution in [0.5, 0.6) is 11.5 Å². The number of aromatic carboxylic acids is 1. The first kappa shape index (κ1) is 13.0. The van der Waals surface area contributed by atoms with Crippen LogP contribution in [0, 0.1) is 0 Å². The van der Waals surface area contributed by atoms with E-state index in [1.807, 2.05) is 0 Å². The second-order valence-corrected chi connectivity index (χ2v) is 5.22. The van der Waals surface area contributed by atoms with Gasteiger partial charge < -0.3 is 9.84 Å². The fraction of sp³-hybridized carbons (Fsp3) is 0. The summed E-state index contributed by atoms with van der Waals surface area (Å²) in [7, 11) is 0. The van der Waals surface area contributed by atoms with Gasteiger partial charge in [-0.05, 0) is 40.2 Å². The van der Waals surface area contributed by atoms with Crippen molar-refractivity contribution in [1.82, 2.24) is 4.98 Å². The van der Waals surface area contributed by atoms with Crippen molar-refractivity contribution in [3.05, 3.63) is 51.2 Å². The molecule has 18 heavy (non-hydrogen) atoms. The van der Waals surface area contributed by atoms with Gasteiger partial charge in [0.2, 0.25) is 0 Å². The Bertz CT molecular complexity index is 602. The second-order valence-electron chi connectivity index (χ2n) is 3.39. The number of pyridine rings is 1. The molecule has 0 saturated heterocycles. The summed E-state index contributed by atoms with van der Waals surface area (Å²) in [6.07, 6.45) is 3.13. The minimum Gasteiger partial charge on any atom is -0.478 e. The predicted molar refractivity (Wildman–Crippen MR) is 73.1 cm³/mol. The predicted octanol–water partition coefficient (Wildman–Crippen LogP) is 4.10. The van der Waals surface area contributed by atoms with Gasteiger partial charge in [-0.3, -0.25) is 4.98 Å². The van der Waals surface area contributed by atoms with Crippen molar-refractivity contribution in [2.75, 3.05) is 0 Å². The lowest BCUT2D eigenvalue weighted by Crippen LogP contribution is -2.00. The fourth-order valence-corrected chi connectivity index (χ4v) is 2.04. The van der Waals surface area contributed by atoms with Gasteiger partial charge in [-0.25, -0.2) is 4.79 Å². The van der Waals surface area contributed by atoms with E-state index in [0.29, 0.717) is 10.2 Å². The van der Waals surface area contributed by atoms with E-state index in [1.165, 1.54) is 12.3 Å². The molecule has 0 fully saturated rings. The van der Waals surface area contributed by atoms with Gasteiger partial charge in [0.1, 0.15) is 17.1 Å².